The summed E-state index contributed by atoms with van der Waals surface area (Å²) in [6.45, 7) is 1.34. The highest BCUT2D eigenvalue weighted by atomic mass is 16.5. The van der Waals surface area contributed by atoms with Gasteiger partial charge in [0.05, 0.1) is 18.3 Å². The molecule has 1 saturated heterocycles. The van der Waals surface area contributed by atoms with Gasteiger partial charge in [0.25, 0.3) is 5.91 Å². The molecule has 0 bridgehead atoms. The van der Waals surface area contributed by atoms with E-state index >= 15 is 0 Å². The molecule has 2 heterocycles. The first-order valence-corrected chi connectivity index (χ1v) is 9.49. The second-order valence-corrected chi connectivity index (χ2v) is 7.03. The summed E-state index contributed by atoms with van der Waals surface area (Å²) in [4.78, 5) is 12.7. The molecule has 1 aliphatic heterocycles. The maximum Gasteiger partial charge on any atom is 0.256 e. The van der Waals surface area contributed by atoms with E-state index in [2.05, 4.69) is 10.4 Å². The predicted molar refractivity (Wildman–Crippen MR) is 98.6 cm³/mol. The van der Waals surface area contributed by atoms with Gasteiger partial charge >= 0.3 is 0 Å². The minimum atomic E-state index is -0.146. The van der Waals surface area contributed by atoms with Crippen molar-refractivity contribution in [2.24, 2.45) is 0 Å². The summed E-state index contributed by atoms with van der Waals surface area (Å²) >= 11 is 0. The van der Waals surface area contributed by atoms with Crippen molar-refractivity contribution >= 4 is 11.7 Å². The van der Waals surface area contributed by atoms with Crippen LogP contribution in [0.15, 0.2) is 36.5 Å². The van der Waals surface area contributed by atoms with E-state index in [0.717, 1.165) is 38.1 Å². The van der Waals surface area contributed by atoms with Crippen LogP contribution in [0.2, 0.25) is 0 Å². The maximum absolute atomic E-state index is 12.7. The third-order valence-electron chi connectivity index (χ3n) is 5.14. The van der Waals surface area contributed by atoms with Gasteiger partial charge in [-0.25, -0.2) is 4.68 Å². The molecule has 1 N–H and O–H groups in total. The molecule has 4 rings (SSSR count). The van der Waals surface area contributed by atoms with Gasteiger partial charge in [0, 0.05) is 18.2 Å². The molecule has 26 heavy (non-hydrogen) atoms. The average molecular weight is 355 g/mol. The number of amides is 1. The monoisotopic (exact) mass is 355 g/mol. The highest BCUT2D eigenvalue weighted by Crippen LogP contribution is 2.31. The molecule has 6 heteroatoms. The molecule has 2 fully saturated rings. The number of aromatic nitrogens is 2. The first-order chi connectivity index (χ1) is 12.8. The summed E-state index contributed by atoms with van der Waals surface area (Å²) in [5, 5.41) is 7.39. The van der Waals surface area contributed by atoms with Crippen molar-refractivity contribution in [3.8, 4) is 5.75 Å². The molecule has 1 aromatic heterocycles. The number of hydrogen-bond donors (Lipinski definition) is 1. The van der Waals surface area contributed by atoms with E-state index in [1.807, 2.05) is 22.9 Å². The number of carbonyl (C=O) groups is 1. The smallest absolute Gasteiger partial charge is 0.256 e. The standard InChI is InChI=1S/C20H25N3O3/c24-20(22-19-10-11-21-23(19)16-6-1-2-7-16)15-5-3-8-17(13-15)26-14-18-9-4-12-25-18/h3,5,8,10-11,13,16,18H,1-2,4,6-7,9,12,14H2,(H,22,24). The van der Waals surface area contributed by atoms with Crippen LogP contribution in [-0.2, 0) is 4.74 Å². The Balaban J connectivity index is 1.40. The molecule has 1 atom stereocenters. The molecule has 0 spiro atoms. The van der Waals surface area contributed by atoms with Gasteiger partial charge in [0.1, 0.15) is 18.2 Å². The van der Waals surface area contributed by atoms with E-state index in [1.54, 1.807) is 18.3 Å². The Morgan fingerprint density at radius 2 is 2.12 bits per heavy atom. The molecular formula is C20H25N3O3. The van der Waals surface area contributed by atoms with Crippen LogP contribution in [0.5, 0.6) is 5.75 Å². The molecule has 138 valence electrons. The van der Waals surface area contributed by atoms with E-state index in [4.69, 9.17) is 9.47 Å². The fourth-order valence-electron chi connectivity index (χ4n) is 3.73. The van der Waals surface area contributed by atoms with Crippen LogP contribution in [0, 0.1) is 0 Å². The van der Waals surface area contributed by atoms with E-state index in [9.17, 15) is 4.79 Å². The van der Waals surface area contributed by atoms with Crippen LogP contribution in [0.25, 0.3) is 0 Å². The van der Waals surface area contributed by atoms with Crippen LogP contribution in [-0.4, -0.2) is 35.0 Å². The zero-order chi connectivity index (χ0) is 17.8. The molecule has 1 aromatic carbocycles. The number of ether oxygens (including phenoxy) is 2. The van der Waals surface area contributed by atoms with Crippen molar-refractivity contribution in [1.29, 1.82) is 0 Å². The largest absolute Gasteiger partial charge is 0.491 e. The summed E-state index contributed by atoms with van der Waals surface area (Å²) < 4.78 is 13.3. The second-order valence-electron chi connectivity index (χ2n) is 7.03. The van der Waals surface area contributed by atoms with Crippen molar-refractivity contribution in [2.75, 3.05) is 18.5 Å². The highest BCUT2D eigenvalue weighted by molar-refractivity contribution is 6.04. The van der Waals surface area contributed by atoms with E-state index in [-0.39, 0.29) is 12.0 Å². The number of anilines is 1. The van der Waals surface area contributed by atoms with E-state index < -0.39 is 0 Å². The zero-order valence-electron chi connectivity index (χ0n) is 14.9. The fourth-order valence-corrected chi connectivity index (χ4v) is 3.73. The maximum atomic E-state index is 12.7. The van der Waals surface area contributed by atoms with Crippen LogP contribution in [0.4, 0.5) is 5.82 Å². The van der Waals surface area contributed by atoms with Crippen LogP contribution >= 0.6 is 0 Å². The van der Waals surface area contributed by atoms with Gasteiger partial charge in [-0.2, -0.15) is 5.10 Å². The van der Waals surface area contributed by atoms with Crippen LogP contribution < -0.4 is 10.1 Å². The Hall–Kier alpha value is -2.34. The predicted octanol–water partition coefficient (Wildman–Crippen LogP) is 3.81. The van der Waals surface area contributed by atoms with Crippen molar-refractivity contribution in [1.82, 2.24) is 9.78 Å². The lowest BCUT2D eigenvalue weighted by atomic mass is 10.2. The van der Waals surface area contributed by atoms with Crippen LogP contribution in [0.3, 0.4) is 0 Å². The fraction of sp³-hybridized carbons (Fsp3) is 0.500. The Morgan fingerprint density at radius 1 is 1.23 bits per heavy atom. The highest BCUT2D eigenvalue weighted by Gasteiger charge is 2.21. The van der Waals surface area contributed by atoms with Crippen LogP contribution in [0.1, 0.15) is 54.9 Å². The first kappa shape index (κ1) is 17.1. The van der Waals surface area contributed by atoms with Crippen molar-refractivity contribution < 1.29 is 14.3 Å². The molecular weight excluding hydrogens is 330 g/mol. The average Bonchev–Trinajstić information content (AvgIpc) is 3.41. The summed E-state index contributed by atoms with van der Waals surface area (Å²) in [5.74, 6) is 1.30. The van der Waals surface area contributed by atoms with Crippen molar-refractivity contribution in [3.05, 3.63) is 42.1 Å². The lowest BCUT2D eigenvalue weighted by molar-refractivity contribution is 0.0679. The number of nitrogens with zero attached hydrogens (tertiary/aromatic N) is 2. The number of nitrogens with one attached hydrogen (secondary N) is 1. The number of hydrogen-bond acceptors (Lipinski definition) is 4. The SMILES string of the molecule is O=C(Nc1ccnn1C1CCCC1)c1cccc(OCC2CCCO2)c1. The Bertz CT molecular complexity index is 746. The summed E-state index contributed by atoms with van der Waals surface area (Å²) in [6.07, 6.45) is 8.72. The lowest BCUT2D eigenvalue weighted by Gasteiger charge is -2.15. The van der Waals surface area contributed by atoms with Gasteiger partial charge in [-0.3, -0.25) is 4.79 Å². The summed E-state index contributed by atoms with van der Waals surface area (Å²) in [6, 6.07) is 9.53. The zero-order valence-corrected chi connectivity index (χ0v) is 14.9. The number of carbonyl (C=O) groups excluding carboxylic acids is 1. The summed E-state index contributed by atoms with van der Waals surface area (Å²) in [5.41, 5.74) is 0.578. The number of rotatable bonds is 6. The number of benzene rings is 1. The molecule has 6 nitrogen and oxygen atoms in total. The molecule has 0 radical (unpaired) electrons. The van der Waals surface area contributed by atoms with E-state index in [0.29, 0.717) is 24.0 Å². The first-order valence-electron chi connectivity index (χ1n) is 9.49. The van der Waals surface area contributed by atoms with Gasteiger partial charge in [0.2, 0.25) is 0 Å². The van der Waals surface area contributed by atoms with E-state index in [1.165, 1.54) is 12.8 Å². The van der Waals surface area contributed by atoms with Gasteiger partial charge in [-0.05, 0) is 43.9 Å². The molecule has 1 saturated carbocycles. The topological polar surface area (TPSA) is 65.4 Å². The molecule has 1 unspecified atom stereocenters. The van der Waals surface area contributed by atoms with Gasteiger partial charge in [-0.1, -0.05) is 18.9 Å². The third kappa shape index (κ3) is 3.90. The minimum Gasteiger partial charge on any atom is -0.491 e. The third-order valence-corrected chi connectivity index (χ3v) is 5.14. The molecule has 2 aromatic rings. The Kier molecular flexibility index (Phi) is 5.20. The van der Waals surface area contributed by atoms with Crippen molar-refractivity contribution in [2.45, 2.75) is 50.7 Å². The minimum absolute atomic E-state index is 0.146. The Morgan fingerprint density at radius 3 is 2.92 bits per heavy atom. The van der Waals surface area contributed by atoms with Gasteiger partial charge < -0.3 is 14.8 Å². The van der Waals surface area contributed by atoms with Gasteiger partial charge in [-0.15, -0.1) is 0 Å². The Labute approximate surface area is 153 Å². The van der Waals surface area contributed by atoms with Crippen molar-refractivity contribution in [3.63, 3.8) is 0 Å². The molecule has 1 amide bonds. The quantitative estimate of drug-likeness (QED) is 0.856. The van der Waals surface area contributed by atoms with Gasteiger partial charge in [0.15, 0.2) is 0 Å². The normalized spacial score (nSPS) is 20.4. The second kappa shape index (κ2) is 7.91. The lowest BCUT2D eigenvalue weighted by Crippen LogP contribution is -2.18. The summed E-state index contributed by atoms with van der Waals surface area (Å²) in [7, 11) is 0. The molecule has 2 aliphatic rings. The molecule has 1 aliphatic carbocycles.